The third kappa shape index (κ3) is 6.73. The zero-order valence-corrected chi connectivity index (χ0v) is 20.8. The van der Waals surface area contributed by atoms with Gasteiger partial charge in [0.2, 0.25) is 8.32 Å². The lowest BCUT2D eigenvalue weighted by Gasteiger charge is -2.46. The van der Waals surface area contributed by atoms with Gasteiger partial charge in [0.05, 0.1) is 0 Å². The summed E-state index contributed by atoms with van der Waals surface area (Å²) in [5.74, 6) is 0. The Balaban J connectivity index is 2.69. The van der Waals surface area contributed by atoms with Crippen LogP contribution in [-0.4, -0.2) is 39.2 Å². The largest absolute Gasteiger partial charge is 0.448 e. The van der Waals surface area contributed by atoms with Crippen molar-refractivity contribution in [3.8, 4) is 0 Å². The number of nitrogens with one attached hydrogen (secondary N) is 1. The van der Waals surface area contributed by atoms with Gasteiger partial charge in [-0.1, -0.05) is 62.3 Å². The molecule has 1 aliphatic carbocycles. The summed E-state index contributed by atoms with van der Waals surface area (Å²) >= 11 is 0. The van der Waals surface area contributed by atoms with Crippen molar-refractivity contribution in [2.75, 3.05) is 6.61 Å². The summed E-state index contributed by atoms with van der Waals surface area (Å²) in [5, 5.41) is 3.73. The second-order valence-electron chi connectivity index (χ2n) is 10.6. The van der Waals surface area contributed by atoms with E-state index in [2.05, 4.69) is 67.6 Å². The number of hydrogen-bond donors (Lipinski definition) is 2. The lowest BCUT2D eigenvalue weighted by atomic mass is 9.85. The van der Waals surface area contributed by atoms with Gasteiger partial charge in [-0.05, 0) is 47.7 Å². The van der Waals surface area contributed by atoms with Gasteiger partial charge in [-0.25, -0.2) is 4.79 Å². The zero-order chi connectivity index (χ0) is 21.7. The fourth-order valence-electron chi connectivity index (χ4n) is 5.04. The van der Waals surface area contributed by atoms with E-state index in [4.69, 9.17) is 14.9 Å². The van der Waals surface area contributed by atoms with Crippen molar-refractivity contribution in [1.82, 2.24) is 5.32 Å². The third-order valence-corrected chi connectivity index (χ3v) is 12.8. The Labute approximate surface area is 174 Å². The van der Waals surface area contributed by atoms with Crippen molar-refractivity contribution in [2.45, 2.75) is 123 Å². The lowest BCUT2D eigenvalue weighted by Crippen LogP contribution is -2.53. The summed E-state index contributed by atoms with van der Waals surface area (Å²) in [6, 6.07) is 0.534. The normalized spacial score (nSPS) is 22.7. The Morgan fingerprint density at radius 3 is 1.82 bits per heavy atom. The fraction of sp³-hybridized carbons (Fsp3) is 0.955. The van der Waals surface area contributed by atoms with E-state index >= 15 is 0 Å². The van der Waals surface area contributed by atoms with E-state index in [1.165, 1.54) is 0 Å². The van der Waals surface area contributed by atoms with Crippen LogP contribution in [0, 0.1) is 5.41 Å². The van der Waals surface area contributed by atoms with Crippen molar-refractivity contribution >= 4 is 14.4 Å². The van der Waals surface area contributed by atoms with Crippen LogP contribution in [0.25, 0.3) is 0 Å². The average Bonchev–Trinajstić information content (AvgIpc) is 2.55. The quantitative estimate of drug-likeness (QED) is 0.482. The van der Waals surface area contributed by atoms with Crippen LogP contribution in [0.2, 0.25) is 16.6 Å². The van der Waals surface area contributed by atoms with Crippen LogP contribution in [0.5, 0.6) is 0 Å². The number of ether oxygens (including phenoxy) is 1. The molecule has 0 aromatic carbocycles. The molecule has 5 nitrogen and oxygen atoms in total. The first-order valence-electron chi connectivity index (χ1n) is 11.2. The molecule has 0 aromatic heterocycles. The monoisotopic (exact) mass is 414 g/mol. The molecule has 28 heavy (non-hydrogen) atoms. The molecule has 1 atom stereocenters. The molecule has 0 aliphatic heterocycles. The molecule has 0 spiro atoms. The number of primary amides is 1. The molecular formula is C22H46N2O3Si. The van der Waals surface area contributed by atoms with E-state index in [0.717, 1.165) is 25.7 Å². The smallest absolute Gasteiger partial charge is 0.404 e. The standard InChI is InChI=1S/C22H46N2O3Si/c1-15(2)28(16(3)4,17(5)6)27-19-12-10-18(11-13-19)24-20(22(7,8)9)14-26-21(23)25/h15-20,24H,10-14H2,1-9H3,(H2,23,25). The molecule has 0 bridgehead atoms. The molecule has 0 radical (unpaired) electrons. The predicted molar refractivity (Wildman–Crippen MR) is 120 cm³/mol. The minimum Gasteiger partial charge on any atom is -0.448 e. The van der Waals surface area contributed by atoms with E-state index in [0.29, 0.717) is 35.4 Å². The van der Waals surface area contributed by atoms with E-state index in [-0.39, 0.29) is 11.5 Å². The van der Waals surface area contributed by atoms with Crippen molar-refractivity contribution in [1.29, 1.82) is 0 Å². The maximum atomic E-state index is 11.0. The highest BCUT2D eigenvalue weighted by molar-refractivity contribution is 6.77. The Kier molecular flexibility index (Phi) is 9.49. The van der Waals surface area contributed by atoms with E-state index < -0.39 is 14.4 Å². The number of rotatable bonds is 9. The number of hydrogen-bond acceptors (Lipinski definition) is 4. The summed E-state index contributed by atoms with van der Waals surface area (Å²) < 4.78 is 12.1. The van der Waals surface area contributed by atoms with Crippen LogP contribution in [0.15, 0.2) is 0 Å². The van der Waals surface area contributed by atoms with Crippen molar-refractivity contribution in [3.63, 3.8) is 0 Å². The van der Waals surface area contributed by atoms with Crippen molar-refractivity contribution in [3.05, 3.63) is 0 Å². The summed E-state index contributed by atoms with van der Waals surface area (Å²) in [6.07, 6.45) is 4.09. The molecule has 0 heterocycles. The Bertz CT molecular complexity index is 459. The van der Waals surface area contributed by atoms with E-state index in [9.17, 15) is 4.79 Å². The Hall–Kier alpha value is -0.593. The SMILES string of the molecule is CC(C)[Si](OC1CCC(NC(COC(N)=O)C(C)(C)C)CC1)(C(C)C)C(C)C. The second kappa shape index (κ2) is 10.4. The van der Waals surface area contributed by atoms with Crippen LogP contribution < -0.4 is 11.1 Å². The van der Waals surface area contributed by atoms with Gasteiger partial charge in [0.15, 0.2) is 0 Å². The third-order valence-electron chi connectivity index (χ3n) is 6.63. The molecule has 1 rings (SSSR count). The van der Waals surface area contributed by atoms with E-state index in [1.807, 2.05) is 0 Å². The van der Waals surface area contributed by atoms with Gasteiger partial charge in [0, 0.05) is 18.2 Å². The molecule has 1 amide bonds. The minimum atomic E-state index is -1.82. The molecular weight excluding hydrogens is 368 g/mol. The average molecular weight is 415 g/mol. The molecule has 0 saturated heterocycles. The number of carbonyl (C=O) groups is 1. The van der Waals surface area contributed by atoms with Gasteiger partial charge in [-0.3, -0.25) is 0 Å². The highest BCUT2D eigenvalue weighted by atomic mass is 28.4. The van der Waals surface area contributed by atoms with Crippen LogP contribution >= 0.6 is 0 Å². The van der Waals surface area contributed by atoms with Crippen LogP contribution in [0.1, 0.15) is 88.0 Å². The molecule has 3 N–H and O–H groups in total. The van der Waals surface area contributed by atoms with Crippen LogP contribution in [-0.2, 0) is 9.16 Å². The molecule has 1 aliphatic rings. The van der Waals surface area contributed by atoms with Crippen molar-refractivity contribution in [2.24, 2.45) is 11.1 Å². The molecule has 1 unspecified atom stereocenters. The first kappa shape index (κ1) is 25.4. The van der Waals surface area contributed by atoms with Crippen LogP contribution in [0.4, 0.5) is 4.79 Å². The van der Waals surface area contributed by atoms with Crippen molar-refractivity contribution < 1.29 is 14.0 Å². The molecule has 1 saturated carbocycles. The molecule has 6 heteroatoms. The zero-order valence-electron chi connectivity index (χ0n) is 19.8. The summed E-state index contributed by atoms with van der Waals surface area (Å²) in [4.78, 5) is 11.0. The topological polar surface area (TPSA) is 73.6 Å². The first-order valence-corrected chi connectivity index (χ1v) is 13.3. The maximum absolute atomic E-state index is 11.0. The van der Waals surface area contributed by atoms with Gasteiger partial charge >= 0.3 is 6.09 Å². The fourth-order valence-corrected chi connectivity index (χ4v) is 10.7. The number of nitrogens with two attached hydrogens (primary N) is 1. The molecule has 1 fully saturated rings. The minimum absolute atomic E-state index is 0.00219. The summed E-state index contributed by atoms with van der Waals surface area (Å²) in [7, 11) is -1.82. The molecule has 0 aromatic rings. The predicted octanol–water partition coefficient (Wildman–Crippen LogP) is 5.59. The van der Waals surface area contributed by atoms with Crippen LogP contribution in [0.3, 0.4) is 0 Å². The maximum Gasteiger partial charge on any atom is 0.404 e. The van der Waals surface area contributed by atoms with Gasteiger partial charge in [-0.2, -0.15) is 0 Å². The lowest BCUT2D eigenvalue weighted by molar-refractivity contribution is 0.0867. The highest BCUT2D eigenvalue weighted by Gasteiger charge is 2.47. The highest BCUT2D eigenvalue weighted by Crippen LogP contribution is 2.44. The summed E-state index contributed by atoms with van der Waals surface area (Å²) in [6.45, 7) is 20.9. The second-order valence-corrected chi connectivity index (χ2v) is 16.0. The first-order chi connectivity index (χ1) is 12.8. The molecule has 166 valence electrons. The number of carbonyl (C=O) groups excluding carboxylic acids is 1. The van der Waals surface area contributed by atoms with Gasteiger partial charge < -0.3 is 20.2 Å². The van der Waals surface area contributed by atoms with Gasteiger partial charge in [-0.15, -0.1) is 0 Å². The van der Waals surface area contributed by atoms with Gasteiger partial charge in [0.25, 0.3) is 0 Å². The van der Waals surface area contributed by atoms with Gasteiger partial charge in [0.1, 0.15) is 6.61 Å². The number of amides is 1. The summed E-state index contributed by atoms with van der Waals surface area (Å²) in [5.41, 5.74) is 7.04. The van der Waals surface area contributed by atoms with E-state index in [1.54, 1.807) is 0 Å². The Morgan fingerprint density at radius 1 is 1.00 bits per heavy atom. The Morgan fingerprint density at radius 2 is 1.46 bits per heavy atom.